The molecule has 1 aliphatic rings. The summed E-state index contributed by atoms with van der Waals surface area (Å²) in [6.07, 6.45) is 1.18. The van der Waals surface area contributed by atoms with Crippen molar-refractivity contribution in [3.63, 3.8) is 0 Å². The second-order valence-corrected chi connectivity index (χ2v) is 1.80. The third-order valence-electron chi connectivity index (χ3n) is 0.867. The van der Waals surface area contributed by atoms with E-state index < -0.39 is 5.97 Å². The van der Waals surface area contributed by atoms with E-state index in [2.05, 4.69) is 9.83 Å². The van der Waals surface area contributed by atoms with Gasteiger partial charge >= 0.3 is 5.97 Å². The zero-order chi connectivity index (χ0) is 7.56. The molecule has 1 aliphatic heterocycles. The fourth-order valence-electron chi connectivity index (χ4n) is 0.565. The lowest BCUT2D eigenvalue weighted by molar-refractivity contribution is -0.168. The van der Waals surface area contributed by atoms with Crippen LogP contribution in [0.25, 0.3) is 0 Å². The summed E-state index contributed by atoms with van der Waals surface area (Å²) < 4.78 is 0. The number of hydrogen-bond acceptors (Lipinski definition) is 4. The van der Waals surface area contributed by atoms with E-state index in [1.165, 1.54) is 13.3 Å². The van der Waals surface area contributed by atoms with Gasteiger partial charge < -0.3 is 4.84 Å². The average molecular weight is 142 g/mol. The van der Waals surface area contributed by atoms with E-state index in [9.17, 15) is 9.59 Å². The Bertz CT molecular complexity index is 199. The Labute approximate surface area is 57.2 Å². The first-order valence-corrected chi connectivity index (χ1v) is 2.70. The van der Waals surface area contributed by atoms with Crippen LogP contribution in [-0.2, 0) is 14.4 Å². The van der Waals surface area contributed by atoms with Gasteiger partial charge in [-0.3, -0.25) is 9.59 Å². The van der Waals surface area contributed by atoms with Crippen LogP contribution in [0.1, 0.15) is 6.92 Å². The molecule has 1 amide bonds. The van der Waals surface area contributed by atoms with Gasteiger partial charge in [0.25, 0.3) is 5.91 Å². The molecule has 0 aromatic heterocycles. The van der Waals surface area contributed by atoms with E-state index >= 15 is 0 Å². The number of hydrogen-bond donors (Lipinski definition) is 0. The number of carbonyl (C=O) groups excluding carboxylic acids is 2. The number of aliphatic imine (C=N–C) groups is 1. The molecule has 0 atom stereocenters. The van der Waals surface area contributed by atoms with Crippen molar-refractivity contribution in [3.8, 4) is 0 Å². The van der Waals surface area contributed by atoms with Crippen LogP contribution in [0.15, 0.2) is 4.99 Å². The standard InChI is InChI=1S/C5H6N2O3/c1-4(8)10-7-2-5(9)6-3-7/h3H,2H2,1H3. The largest absolute Gasteiger partial charge is 0.340 e. The zero-order valence-corrected chi connectivity index (χ0v) is 5.40. The quantitative estimate of drug-likeness (QED) is 0.487. The average Bonchev–Trinajstić information content (AvgIpc) is 2.13. The molecule has 54 valence electrons. The van der Waals surface area contributed by atoms with E-state index in [4.69, 9.17) is 0 Å². The molecule has 10 heavy (non-hydrogen) atoms. The van der Waals surface area contributed by atoms with E-state index in [-0.39, 0.29) is 12.5 Å². The van der Waals surface area contributed by atoms with Crippen LogP contribution in [-0.4, -0.2) is 29.8 Å². The monoisotopic (exact) mass is 142 g/mol. The summed E-state index contributed by atoms with van der Waals surface area (Å²) >= 11 is 0. The molecule has 0 saturated carbocycles. The normalized spacial score (nSPS) is 16.1. The SMILES string of the molecule is CC(=O)ON1C=NC(=O)C1. The number of hydroxylamine groups is 2. The molecule has 0 aromatic rings. The summed E-state index contributed by atoms with van der Waals surface area (Å²) in [6.45, 7) is 1.29. The molecular formula is C5H6N2O3. The molecule has 1 rings (SSSR count). The first-order chi connectivity index (χ1) is 4.68. The van der Waals surface area contributed by atoms with Crippen LogP contribution >= 0.6 is 0 Å². The van der Waals surface area contributed by atoms with E-state index in [0.717, 1.165) is 5.06 Å². The summed E-state index contributed by atoms with van der Waals surface area (Å²) in [5, 5.41) is 1.09. The van der Waals surface area contributed by atoms with Gasteiger partial charge in [0.1, 0.15) is 12.9 Å². The predicted molar refractivity (Wildman–Crippen MR) is 32.0 cm³/mol. The van der Waals surface area contributed by atoms with Crippen molar-refractivity contribution in [2.24, 2.45) is 4.99 Å². The van der Waals surface area contributed by atoms with Gasteiger partial charge in [0.05, 0.1) is 0 Å². The van der Waals surface area contributed by atoms with Crippen molar-refractivity contribution in [1.29, 1.82) is 0 Å². The minimum atomic E-state index is -0.457. The second kappa shape index (κ2) is 2.47. The van der Waals surface area contributed by atoms with Crippen molar-refractivity contribution in [1.82, 2.24) is 5.06 Å². The van der Waals surface area contributed by atoms with E-state index in [0.29, 0.717) is 0 Å². The molecule has 0 aromatic carbocycles. The Hall–Kier alpha value is -1.39. The molecular weight excluding hydrogens is 136 g/mol. The molecule has 0 spiro atoms. The zero-order valence-electron chi connectivity index (χ0n) is 5.40. The maximum Gasteiger partial charge on any atom is 0.329 e. The summed E-state index contributed by atoms with van der Waals surface area (Å²) in [6, 6.07) is 0. The van der Waals surface area contributed by atoms with Crippen LogP contribution in [0.2, 0.25) is 0 Å². The Morgan fingerprint density at radius 3 is 3.00 bits per heavy atom. The molecule has 0 N–H and O–H groups in total. The van der Waals surface area contributed by atoms with Gasteiger partial charge in [-0.2, -0.15) is 10.1 Å². The highest BCUT2D eigenvalue weighted by atomic mass is 16.7. The van der Waals surface area contributed by atoms with Crippen molar-refractivity contribution >= 4 is 18.2 Å². The molecule has 0 aliphatic carbocycles. The minimum Gasteiger partial charge on any atom is -0.340 e. The van der Waals surface area contributed by atoms with E-state index in [1.807, 2.05) is 0 Å². The smallest absolute Gasteiger partial charge is 0.329 e. The summed E-state index contributed by atoms with van der Waals surface area (Å²) in [4.78, 5) is 28.5. The fourth-order valence-corrected chi connectivity index (χ4v) is 0.565. The minimum absolute atomic E-state index is 0.0274. The van der Waals surface area contributed by atoms with Crippen molar-refractivity contribution in [2.75, 3.05) is 6.54 Å². The van der Waals surface area contributed by atoms with Crippen LogP contribution in [0.4, 0.5) is 0 Å². The predicted octanol–water partition coefficient (Wildman–Crippen LogP) is -0.665. The van der Waals surface area contributed by atoms with E-state index in [1.54, 1.807) is 0 Å². The summed E-state index contributed by atoms with van der Waals surface area (Å²) in [5.74, 6) is -0.762. The fraction of sp³-hybridized carbons (Fsp3) is 0.400. The molecule has 1 heterocycles. The Morgan fingerprint density at radius 1 is 1.90 bits per heavy atom. The highest BCUT2D eigenvalue weighted by molar-refractivity contribution is 5.91. The lowest BCUT2D eigenvalue weighted by Gasteiger charge is -2.08. The lowest BCUT2D eigenvalue weighted by atomic mass is 10.6. The molecule has 0 saturated heterocycles. The van der Waals surface area contributed by atoms with Gasteiger partial charge in [0.15, 0.2) is 0 Å². The van der Waals surface area contributed by atoms with Crippen molar-refractivity contribution in [3.05, 3.63) is 0 Å². The van der Waals surface area contributed by atoms with Gasteiger partial charge in [0.2, 0.25) is 0 Å². The Morgan fingerprint density at radius 2 is 2.60 bits per heavy atom. The van der Waals surface area contributed by atoms with Gasteiger partial charge in [0, 0.05) is 6.92 Å². The molecule has 0 radical (unpaired) electrons. The third kappa shape index (κ3) is 1.54. The molecule has 0 fully saturated rings. The second-order valence-electron chi connectivity index (χ2n) is 1.80. The van der Waals surface area contributed by atoms with Crippen LogP contribution in [0.5, 0.6) is 0 Å². The van der Waals surface area contributed by atoms with Crippen LogP contribution < -0.4 is 0 Å². The Kier molecular flexibility index (Phi) is 1.66. The van der Waals surface area contributed by atoms with Crippen LogP contribution in [0, 0.1) is 0 Å². The number of nitrogens with zero attached hydrogens (tertiary/aromatic N) is 2. The molecule has 5 nitrogen and oxygen atoms in total. The first kappa shape index (κ1) is 6.73. The number of carbonyl (C=O) groups is 2. The van der Waals surface area contributed by atoms with Crippen molar-refractivity contribution in [2.45, 2.75) is 6.92 Å². The van der Waals surface area contributed by atoms with Gasteiger partial charge in [-0.25, -0.2) is 0 Å². The third-order valence-corrected chi connectivity index (χ3v) is 0.867. The number of rotatable bonds is 1. The van der Waals surface area contributed by atoms with Gasteiger partial charge in [-0.1, -0.05) is 0 Å². The summed E-state index contributed by atoms with van der Waals surface area (Å²) in [7, 11) is 0. The molecule has 5 heteroatoms. The Balaban J connectivity index is 2.40. The molecule has 0 unspecified atom stereocenters. The maximum absolute atomic E-state index is 10.4. The first-order valence-electron chi connectivity index (χ1n) is 2.70. The maximum atomic E-state index is 10.4. The summed E-state index contributed by atoms with van der Waals surface area (Å²) in [5.41, 5.74) is 0. The van der Waals surface area contributed by atoms with Crippen molar-refractivity contribution < 1.29 is 14.4 Å². The van der Waals surface area contributed by atoms with Gasteiger partial charge in [-0.05, 0) is 0 Å². The topological polar surface area (TPSA) is 59.0 Å². The van der Waals surface area contributed by atoms with Crippen LogP contribution in [0.3, 0.4) is 0 Å². The lowest BCUT2D eigenvalue weighted by Crippen LogP contribution is -2.23. The van der Waals surface area contributed by atoms with Gasteiger partial charge in [-0.15, -0.1) is 0 Å². The highest BCUT2D eigenvalue weighted by Gasteiger charge is 2.15. The number of amides is 1. The highest BCUT2D eigenvalue weighted by Crippen LogP contribution is 1.95. The molecule has 0 bridgehead atoms.